The van der Waals surface area contributed by atoms with Crippen LogP contribution in [0.25, 0.3) is 0 Å². The first kappa shape index (κ1) is 38.5. The van der Waals surface area contributed by atoms with Crippen molar-refractivity contribution in [2.24, 2.45) is 5.92 Å². The molecule has 1 aliphatic rings. The van der Waals surface area contributed by atoms with Gasteiger partial charge in [-0.15, -0.1) is 0 Å². The second-order valence-corrected chi connectivity index (χ2v) is 19.7. The van der Waals surface area contributed by atoms with Crippen LogP contribution < -0.4 is 9.47 Å². The molecule has 2 aromatic rings. The number of aliphatic hydroxyl groups is 1. The number of ether oxygens (including phenoxy) is 6. The average molecular weight is 675 g/mol. The van der Waals surface area contributed by atoms with Gasteiger partial charge >= 0.3 is 11.9 Å². The first-order valence-corrected chi connectivity index (χ1v) is 20.3. The zero-order valence-electron chi connectivity index (χ0n) is 29.2. The van der Waals surface area contributed by atoms with Gasteiger partial charge in [0.1, 0.15) is 29.3 Å². The number of carbonyl (C=O) groups is 2. The van der Waals surface area contributed by atoms with E-state index in [4.69, 9.17) is 28.4 Å². The monoisotopic (exact) mass is 674 g/mol. The molecule has 0 spiro atoms. The normalized spacial score (nSPS) is 19.5. The van der Waals surface area contributed by atoms with Crippen LogP contribution in [-0.4, -0.2) is 80.9 Å². The summed E-state index contributed by atoms with van der Waals surface area (Å²) in [5, 5.41) is 20.3. The molecule has 2 N–H and O–H groups in total. The Morgan fingerprint density at radius 1 is 1.02 bits per heavy atom. The zero-order chi connectivity index (χ0) is 34.8. The van der Waals surface area contributed by atoms with Gasteiger partial charge in [0.15, 0.2) is 12.6 Å². The lowest BCUT2D eigenvalue weighted by molar-refractivity contribution is -0.156. The van der Waals surface area contributed by atoms with Gasteiger partial charge < -0.3 is 38.6 Å². The Morgan fingerprint density at radius 2 is 1.72 bits per heavy atom. The van der Waals surface area contributed by atoms with Gasteiger partial charge in [-0.2, -0.15) is 0 Å². The molecule has 1 fully saturated rings. The number of aromatic carboxylic acids is 1. The van der Waals surface area contributed by atoms with Crippen LogP contribution >= 0.6 is 0 Å². The SMILES string of the molecule is COCOc1cc(OCC[Si](C)(C)C)cc(CCC[C@@H]2OC(C)(C)OC2C(CC[C@@H](C)C(C)O)OC(=O)c2ccccc2)c1C(=O)O. The van der Waals surface area contributed by atoms with Gasteiger partial charge in [-0.05, 0) is 88.6 Å². The van der Waals surface area contributed by atoms with Crippen molar-refractivity contribution < 1.29 is 48.2 Å². The highest BCUT2D eigenvalue weighted by Gasteiger charge is 2.46. The molecule has 11 heteroatoms. The number of methoxy groups -OCH3 is 1. The standard InChI is InChI=1S/C36H54O10Si/c1-24(25(2)37)17-18-29(44-35(40)26-13-10-9-11-14-26)33-30(45-36(3,4)46-33)16-12-15-27-21-28(42-19-20-47(6,7)8)22-31(43-23-41-5)32(27)34(38)39/h9-11,13-14,21-22,24-25,29-30,33,37H,12,15-20,23H2,1-8H3,(H,38,39)/t24-,25?,29?,30+,33?/m1/s1. The number of aryl methyl sites for hydroxylation is 1. The van der Waals surface area contributed by atoms with Crippen LogP contribution in [0.4, 0.5) is 0 Å². The molecule has 0 aliphatic carbocycles. The van der Waals surface area contributed by atoms with Crippen molar-refractivity contribution in [1.29, 1.82) is 0 Å². The Morgan fingerprint density at radius 3 is 2.34 bits per heavy atom. The highest BCUT2D eigenvalue weighted by molar-refractivity contribution is 6.76. The van der Waals surface area contributed by atoms with E-state index in [1.54, 1.807) is 43.3 Å². The molecular formula is C36H54O10Si. The van der Waals surface area contributed by atoms with Gasteiger partial charge in [-0.25, -0.2) is 9.59 Å². The molecular weight excluding hydrogens is 620 g/mol. The number of carbonyl (C=O) groups excluding carboxylic acids is 1. The van der Waals surface area contributed by atoms with Crippen molar-refractivity contribution in [3.63, 3.8) is 0 Å². The van der Waals surface area contributed by atoms with Crippen molar-refractivity contribution in [1.82, 2.24) is 0 Å². The molecule has 262 valence electrons. The van der Waals surface area contributed by atoms with Crippen LogP contribution in [0.5, 0.6) is 11.5 Å². The summed E-state index contributed by atoms with van der Waals surface area (Å²) in [6, 6.07) is 13.2. The molecule has 0 radical (unpaired) electrons. The summed E-state index contributed by atoms with van der Waals surface area (Å²) in [6.07, 6.45) is 0.479. The number of rotatable bonds is 19. The Kier molecular flexibility index (Phi) is 14.3. The fraction of sp³-hybridized carbons (Fsp3) is 0.611. The van der Waals surface area contributed by atoms with E-state index in [9.17, 15) is 19.8 Å². The highest BCUT2D eigenvalue weighted by Crippen LogP contribution is 2.37. The van der Waals surface area contributed by atoms with Crippen LogP contribution in [0, 0.1) is 5.92 Å². The molecule has 3 unspecified atom stereocenters. The number of hydrogen-bond acceptors (Lipinski definition) is 9. The van der Waals surface area contributed by atoms with Gasteiger partial charge in [0.2, 0.25) is 0 Å². The second-order valence-electron chi connectivity index (χ2n) is 14.1. The number of benzene rings is 2. The maximum Gasteiger partial charge on any atom is 0.339 e. The molecule has 1 saturated heterocycles. The van der Waals surface area contributed by atoms with Gasteiger partial charge in [-0.3, -0.25) is 0 Å². The molecule has 5 atom stereocenters. The van der Waals surface area contributed by atoms with Gasteiger partial charge in [0.25, 0.3) is 0 Å². The predicted octanol–water partition coefficient (Wildman–Crippen LogP) is 6.95. The summed E-state index contributed by atoms with van der Waals surface area (Å²) in [5.74, 6) is -1.73. The van der Waals surface area contributed by atoms with Crippen molar-refractivity contribution in [3.8, 4) is 11.5 Å². The molecule has 0 bridgehead atoms. The molecule has 10 nitrogen and oxygen atoms in total. The third kappa shape index (κ3) is 12.2. The molecule has 0 aromatic heterocycles. The lowest BCUT2D eigenvalue weighted by Crippen LogP contribution is -2.39. The summed E-state index contributed by atoms with van der Waals surface area (Å²) in [5.41, 5.74) is 1.10. The maximum atomic E-state index is 13.2. The smallest absolute Gasteiger partial charge is 0.339 e. The minimum absolute atomic E-state index is 0.00842. The first-order chi connectivity index (χ1) is 22.1. The van der Waals surface area contributed by atoms with Crippen molar-refractivity contribution in [2.45, 2.75) is 116 Å². The largest absolute Gasteiger partial charge is 0.494 e. The maximum absolute atomic E-state index is 13.2. The lowest BCUT2D eigenvalue weighted by atomic mass is 9.92. The van der Waals surface area contributed by atoms with Crippen molar-refractivity contribution in [2.75, 3.05) is 20.5 Å². The molecule has 3 rings (SSSR count). The number of esters is 1. The quantitative estimate of drug-likeness (QED) is 0.0917. The fourth-order valence-corrected chi connectivity index (χ4v) is 6.23. The molecule has 1 heterocycles. The second kappa shape index (κ2) is 17.4. The van der Waals surface area contributed by atoms with E-state index in [2.05, 4.69) is 19.6 Å². The summed E-state index contributed by atoms with van der Waals surface area (Å²) in [4.78, 5) is 25.6. The molecule has 0 amide bonds. The predicted molar refractivity (Wildman–Crippen MR) is 182 cm³/mol. The number of carboxylic acid groups (broad SMARTS) is 1. The van der Waals surface area contributed by atoms with Gasteiger partial charge in [-0.1, -0.05) is 44.8 Å². The summed E-state index contributed by atoms with van der Waals surface area (Å²) in [7, 11) is 0.139. The Balaban J connectivity index is 1.83. The topological polar surface area (TPSA) is 130 Å². The van der Waals surface area contributed by atoms with E-state index < -0.39 is 50.2 Å². The Bertz CT molecular complexity index is 1290. The molecule has 2 aromatic carbocycles. The van der Waals surface area contributed by atoms with Crippen molar-refractivity contribution >= 4 is 20.0 Å². The minimum atomic E-state index is -1.34. The Labute approximate surface area is 280 Å². The summed E-state index contributed by atoms with van der Waals surface area (Å²) in [6.45, 7) is 14.6. The molecule has 1 aliphatic heterocycles. The molecule has 47 heavy (non-hydrogen) atoms. The number of aliphatic hydroxyl groups excluding tert-OH is 1. The summed E-state index contributed by atoms with van der Waals surface area (Å²) < 4.78 is 35.6. The van der Waals surface area contributed by atoms with Crippen molar-refractivity contribution in [3.05, 3.63) is 59.2 Å². The first-order valence-electron chi connectivity index (χ1n) is 16.5. The Hall–Kier alpha value is -2.96. The van der Waals surface area contributed by atoms with E-state index in [1.807, 2.05) is 26.8 Å². The van der Waals surface area contributed by atoms with Crippen LogP contribution in [0.1, 0.15) is 79.7 Å². The fourth-order valence-electron chi connectivity index (χ4n) is 5.51. The summed E-state index contributed by atoms with van der Waals surface area (Å²) >= 11 is 0. The highest BCUT2D eigenvalue weighted by atomic mass is 28.3. The molecule has 0 saturated carbocycles. The third-order valence-electron chi connectivity index (χ3n) is 8.34. The van der Waals surface area contributed by atoms with Crippen LogP contribution in [0.2, 0.25) is 25.7 Å². The average Bonchev–Trinajstić information content (AvgIpc) is 3.31. The number of carboxylic acids is 1. The number of hydrogen-bond donors (Lipinski definition) is 2. The lowest BCUT2D eigenvalue weighted by Gasteiger charge is -2.28. The van der Waals surface area contributed by atoms with E-state index in [-0.39, 0.29) is 24.0 Å². The van der Waals surface area contributed by atoms with E-state index in [1.165, 1.54) is 7.11 Å². The minimum Gasteiger partial charge on any atom is -0.494 e. The van der Waals surface area contributed by atoms with E-state index in [0.717, 1.165) is 6.04 Å². The third-order valence-corrected chi connectivity index (χ3v) is 10.0. The van der Waals surface area contributed by atoms with Crippen LogP contribution in [0.3, 0.4) is 0 Å². The zero-order valence-corrected chi connectivity index (χ0v) is 30.2. The van der Waals surface area contributed by atoms with Crippen LogP contribution in [0.15, 0.2) is 42.5 Å². The van der Waals surface area contributed by atoms with E-state index >= 15 is 0 Å². The van der Waals surface area contributed by atoms with E-state index in [0.29, 0.717) is 55.6 Å². The van der Waals surface area contributed by atoms with Gasteiger partial charge in [0.05, 0.1) is 24.4 Å². The van der Waals surface area contributed by atoms with Gasteiger partial charge in [0, 0.05) is 21.3 Å². The van der Waals surface area contributed by atoms with Crippen LogP contribution in [-0.2, 0) is 25.4 Å².